The third kappa shape index (κ3) is 1.77. The van der Waals surface area contributed by atoms with Crippen LogP contribution >= 0.6 is 0 Å². The van der Waals surface area contributed by atoms with Gasteiger partial charge in [-0.05, 0) is 43.0 Å². The Hall–Kier alpha value is -0.930. The van der Waals surface area contributed by atoms with Crippen molar-refractivity contribution in [2.75, 3.05) is 7.11 Å². The van der Waals surface area contributed by atoms with Gasteiger partial charge in [-0.3, -0.25) is 0 Å². The molecule has 1 unspecified atom stereocenters. The molecule has 0 saturated heterocycles. The van der Waals surface area contributed by atoms with E-state index >= 15 is 0 Å². The van der Waals surface area contributed by atoms with E-state index in [2.05, 4.69) is 0 Å². The summed E-state index contributed by atoms with van der Waals surface area (Å²) in [6, 6.07) is 4.48. The van der Waals surface area contributed by atoms with Crippen molar-refractivity contribution in [2.24, 2.45) is 0 Å². The topological polar surface area (TPSA) is 29.5 Å². The molecule has 1 aliphatic carbocycles. The van der Waals surface area contributed by atoms with Crippen molar-refractivity contribution < 1.29 is 14.2 Å². The van der Waals surface area contributed by atoms with Crippen molar-refractivity contribution in [1.82, 2.24) is 0 Å². The number of hydrogen-bond donors (Lipinski definition) is 1. The standard InChI is InChI=1S/C12H15FO2/c1-8(14)10-4-3-9(13)7-11(10)12(15-2)5-6-12/h3-4,7-8,14H,5-6H2,1-2H3. The van der Waals surface area contributed by atoms with Gasteiger partial charge in [0.2, 0.25) is 0 Å². The number of rotatable bonds is 3. The number of methoxy groups -OCH3 is 1. The van der Waals surface area contributed by atoms with Crippen molar-refractivity contribution in [2.45, 2.75) is 31.5 Å². The van der Waals surface area contributed by atoms with Crippen LogP contribution in [0.3, 0.4) is 0 Å². The Kier molecular flexibility index (Phi) is 2.52. The molecule has 1 fully saturated rings. The molecular weight excluding hydrogens is 195 g/mol. The lowest BCUT2D eigenvalue weighted by Crippen LogP contribution is -2.13. The van der Waals surface area contributed by atoms with E-state index in [4.69, 9.17) is 4.74 Å². The van der Waals surface area contributed by atoms with Crippen LogP contribution in [0, 0.1) is 5.82 Å². The van der Waals surface area contributed by atoms with Crippen molar-refractivity contribution in [3.63, 3.8) is 0 Å². The molecule has 1 saturated carbocycles. The fourth-order valence-corrected chi connectivity index (χ4v) is 1.98. The molecule has 1 aromatic rings. The normalized spacial score (nSPS) is 20.0. The van der Waals surface area contributed by atoms with Crippen LogP contribution in [-0.4, -0.2) is 12.2 Å². The molecule has 0 aromatic heterocycles. The summed E-state index contributed by atoms with van der Waals surface area (Å²) < 4.78 is 18.6. The first-order valence-corrected chi connectivity index (χ1v) is 5.12. The highest BCUT2D eigenvalue weighted by atomic mass is 19.1. The van der Waals surface area contributed by atoms with Gasteiger partial charge in [0.1, 0.15) is 5.82 Å². The molecule has 0 radical (unpaired) electrons. The summed E-state index contributed by atoms with van der Waals surface area (Å²) in [4.78, 5) is 0. The SMILES string of the molecule is COC1(c2cc(F)ccc2C(C)O)CC1. The molecule has 0 spiro atoms. The van der Waals surface area contributed by atoms with E-state index in [0.717, 1.165) is 24.0 Å². The third-order valence-corrected chi connectivity index (χ3v) is 3.05. The minimum atomic E-state index is -0.590. The summed E-state index contributed by atoms with van der Waals surface area (Å²) in [5.74, 6) is -0.280. The van der Waals surface area contributed by atoms with E-state index in [-0.39, 0.29) is 11.4 Å². The van der Waals surface area contributed by atoms with Crippen molar-refractivity contribution in [3.8, 4) is 0 Å². The van der Waals surface area contributed by atoms with E-state index in [0.29, 0.717) is 0 Å². The lowest BCUT2D eigenvalue weighted by Gasteiger charge is -2.19. The smallest absolute Gasteiger partial charge is 0.123 e. The minimum absolute atomic E-state index is 0.280. The molecule has 1 aromatic carbocycles. The van der Waals surface area contributed by atoms with Crippen molar-refractivity contribution in [3.05, 3.63) is 35.1 Å². The number of halogens is 1. The molecule has 15 heavy (non-hydrogen) atoms. The quantitative estimate of drug-likeness (QED) is 0.830. The second-order valence-electron chi connectivity index (χ2n) is 4.11. The fraction of sp³-hybridized carbons (Fsp3) is 0.500. The summed E-state index contributed by atoms with van der Waals surface area (Å²) in [7, 11) is 1.63. The predicted octanol–water partition coefficient (Wildman–Crippen LogP) is 2.51. The molecule has 0 heterocycles. The Balaban J connectivity index is 2.48. The Morgan fingerprint density at radius 1 is 1.47 bits per heavy atom. The van der Waals surface area contributed by atoms with E-state index < -0.39 is 6.10 Å². The molecule has 82 valence electrons. The molecule has 2 nitrogen and oxygen atoms in total. The number of benzene rings is 1. The molecule has 2 rings (SSSR count). The van der Waals surface area contributed by atoms with Gasteiger partial charge < -0.3 is 9.84 Å². The third-order valence-electron chi connectivity index (χ3n) is 3.05. The van der Waals surface area contributed by atoms with Gasteiger partial charge in [-0.2, -0.15) is 0 Å². The maximum absolute atomic E-state index is 13.2. The second-order valence-corrected chi connectivity index (χ2v) is 4.11. The van der Waals surface area contributed by atoms with Gasteiger partial charge in [0.25, 0.3) is 0 Å². The first kappa shape index (κ1) is 10.6. The van der Waals surface area contributed by atoms with Gasteiger partial charge >= 0.3 is 0 Å². The zero-order chi connectivity index (χ0) is 11.1. The molecule has 1 N–H and O–H groups in total. The molecule has 1 atom stereocenters. The van der Waals surface area contributed by atoms with Crippen LogP contribution in [0.15, 0.2) is 18.2 Å². The Bertz CT molecular complexity index is 370. The van der Waals surface area contributed by atoms with Crippen LogP contribution in [0.25, 0.3) is 0 Å². The van der Waals surface area contributed by atoms with E-state index in [1.54, 1.807) is 20.1 Å². The van der Waals surface area contributed by atoms with Crippen molar-refractivity contribution >= 4 is 0 Å². The van der Waals surface area contributed by atoms with Gasteiger partial charge in [0.15, 0.2) is 0 Å². The zero-order valence-electron chi connectivity index (χ0n) is 8.96. The number of aliphatic hydroxyl groups is 1. The summed E-state index contributed by atoms with van der Waals surface area (Å²) in [6.07, 6.45) is 1.20. The first-order chi connectivity index (χ1) is 7.09. The average Bonchev–Trinajstić information content (AvgIpc) is 2.97. The Morgan fingerprint density at radius 3 is 2.60 bits per heavy atom. The number of aliphatic hydroxyl groups excluding tert-OH is 1. The molecular formula is C12H15FO2. The monoisotopic (exact) mass is 210 g/mol. The van der Waals surface area contributed by atoms with Gasteiger partial charge in [-0.25, -0.2) is 4.39 Å². The molecule has 1 aliphatic rings. The van der Waals surface area contributed by atoms with Gasteiger partial charge in [-0.15, -0.1) is 0 Å². The summed E-state index contributed by atoms with van der Waals surface area (Å²) in [5.41, 5.74) is 1.20. The van der Waals surface area contributed by atoms with E-state index in [9.17, 15) is 9.50 Å². The molecule has 3 heteroatoms. The van der Waals surface area contributed by atoms with Crippen LogP contribution in [0.2, 0.25) is 0 Å². The molecule has 0 amide bonds. The average molecular weight is 210 g/mol. The highest BCUT2D eigenvalue weighted by molar-refractivity contribution is 5.37. The number of hydrogen-bond acceptors (Lipinski definition) is 2. The predicted molar refractivity (Wildman–Crippen MR) is 55.0 cm³/mol. The Morgan fingerprint density at radius 2 is 2.13 bits per heavy atom. The number of ether oxygens (including phenoxy) is 1. The van der Waals surface area contributed by atoms with Crippen LogP contribution in [0.5, 0.6) is 0 Å². The lowest BCUT2D eigenvalue weighted by atomic mass is 9.97. The highest BCUT2D eigenvalue weighted by Crippen LogP contribution is 2.50. The van der Waals surface area contributed by atoms with E-state index in [1.807, 2.05) is 0 Å². The summed E-state index contributed by atoms with van der Waals surface area (Å²) in [5, 5.41) is 9.60. The first-order valence-electron chi connectivity index (χ1n) is 5.12. The zero-order valence-corrected chi connectivity index (χ0v) is 8.96. The maximum Gasteiger partial charge on any atom is 0.123 e. The van der Waals surface area contributed by atoms with Gasteiger partial charge in [-0.1, -0.05) is 6.07 Å². The van der Waals surface area contributed by atoms with Gasteiger partial charge in [0.05, 0.1) is 11.7 Å². The largest absolute Gasteiger partial charge is 0.389 e. The lowest BCUT2D eigenvalue weighted by molar-refractivity contribution is 0.0748. The molecule has 0 bridgehead atoms. The Labute approximate surface area is 88.7 Å². The summed E-state index contributed by atoms with van der Waals surface area (Å²) in [6.45, 7) is 1.68. The van der Waals surface area contributed by atoms with Crippen LogP contribution < -0.4 is 0 Å². The van der Waals surface area contributed by atoms with Crippen LogP contribution in [0.4, 0.5) is 4.39 Å². The highest BCUT2D eigenvalue weighted by Gasteiger charge is 2.46. The van der Waals surface area contributed by atoms with E-state index in [1.165, 1.54) is 12.1 Å². The molecule has 0 aliphatic heterocycles. The summed E-state index contributed by atoms with van der Waals surface area (Å²) >= 11 is 0. The second kappa shape index (κ2) is 3.58. The van der Waals surface area contributed by atoms with Crippen LogP contribution in [-0.2, 0) is 10.3 Å². The van der Waals surface area contributed by atoms with Crippen LogP contribution in [0.1, 0.15) is 37.0 Å². The minimum Gasteiger partial charge on any atom is -0.389 e. The van der Waals surface area contributed by atoms with Crippen molar-refractivity contribution in [1.29, 1.82) is 0 Å². The fourth-order valence-electron chi connectivity index (χ4n) is 1.98. The maximum atomic E-state index is 13.2. The van der Waals surface area contributed by atoms with Gasteiger partial charge in [0, 0.05) is 7.11 Å².